The summed E-state index contributed by atoms with van der Waals surface area (Å²) >= 11 is 0. The van der Waals surface area contributed by atoms with Crippen LogP contribution in [0.15, 0.2) is 200 Å². The van der Waals surface area contributed by atoms with Crippen molar-refractivity contribution in [3.63, 3.8) is 0 Å². The van der Waals surface area contributed by atoms with Gasteiger partial charge in [0.1, 0.15) is 0 Å². The lowest BCUT2D eigenvalue weighted by Gasteiger charge is -2.15. The van der Waals surface area contributed by atoms with Gasteiger partial charge < -0.3 is 9.13 Å². The fraction of sp³-hybridized carbons (Fsp3) is 0. The third-order valence-corrected chi connectivity index (χ3v) is 10.8. The molecular weight excluding hydrogens is 683 g/mol. The maximum atomic E-state index is 5.15. The van der Waals surface area contributed by atoms with Crippen LogP contribution >= 0.6 is 0 Å². The normalized spacial score (nSPS) is 11.6. The molecule has 11 aromatic rings. The molecule has 11 rings (SSSR count). The molecule has 3 aromatic heterocycles. The molecule has 0 aliphatic rings. The van der Waals surface area contributed by atoms with Gasteiger partial charge in [0.05, 0.1) is 27.8 Å². The number of fused-ring (bicyclic) bond motifs is 6. The largest absolute Gasteiger partial charge is 0.309 e. The SMILES string of the molecule is c1ccc(-c2nc(-c3ccccc3)nc(-c3ccccc3-n3c4ccccc4c4ccc(-n5c6ccccc6c6c(-c7ccccc7)cccc65)cc43)n2)cc1. The van der Waals surface area contributed by atoms with Crippen LogP contribution in [0, 0.1) is 0 Å². The fourth-order valence-electron chi connectivity index (χ4n) is 8.30. The average molecular weight is 716 g/mol. The molecule has 0 bridgehead atoms. The van der Waals surface area contributed by atoms with Crippen molar-refractivity contribution >= 4 is 43.6 Å². The summed E-state index contributed by atoms with van der Waals surface area (Å²) in [4.78, 5) is 15.3. The van der Waals surface area contributed by atoms with Crippen LogP contribution in [0.2, 0.25) is 0 Å². The minimum atomic E-state index is 0.617. The molecule has 0 atom stereocenters. The Labute approximate surface area is 323 Å². The average Bonchev–Trinajstić information content (AvgIpc) is 3.80. The first-order valence-corrected chi connectivity index (χ1v) is 18.9. The van der Waals surface area contributed by atoms with Crippen molar-refractivity contribution < 1.29 is 0 Å². The third-order valence-electron chi connectivity index (χ3n) is 10.8. The molecule has 56 heavy (non-hydrogen) atoms. The van der Waals surface area contributed by atoms with E-state index in [0.29, 0.717) is 17.5 Å². The maximum Gasteiger partial charge on any atom is 0.166 e. The summed E-state index contributed by atoms with van der Waals surface area (Å²) in [7, 11) is 0. The van der Waals surface area contributed by atoms with Crippen molar-refractivity contribution in [2.75, 3.05) is 0 Å². The van der Waals surface area contributed by atoms with Crippen LogP contribution < -0.4 is 0 Å². The van der Waals surface area contributed by atoms with Crippen molar-refractivity contribution in [2.24, 2.45) is 0 Å². The van der Waals surface area contributed by atoms with Crippen LogP contribution in [0.5, 0.6) is 0 Å². The molecule has 0 aliphatic carbocycles. The van der Waals surface area contributed by atoms with Crippen LogP contribution in [-0.2, 0) is 0 Å². The van der Waals surface area contributed by atoms with Crippen molar-refractivity contribution in [2.45, 2.75) is 0 Å². The number of rotatable bonds is 6. The first-order chi connectivity index (χ1) is 27.8. The summed E-state index contributed by atoms with van der Waals surface area (Å²) < 4.78 is 4.79. The summed E-state index contributed by atoms with van der Waals surface area (Å²) in [6, 6.07) is 70.4. The van der Waals surface area contributed by atoms with Crippen LogP contribution in [0.4, 0.5) is 0 Å². The number of para-hydroxylation sites is 3. The van der Waals surface area contributed by atoms with E-state index >= 15 is 0 Å². The van der Waals surface area contributed by atoms with Crippen molar-refractivity contribution in [3.8, 4) is 56.7 Å². The molecule has 0 saturated carbocycles. The zero-order chi connectivity index (χ0) is 37.0. The summed E-state index contributed by atoms with van der Waals surface area (Å²) in [5, 5.41) is 4.84. The molecule has 0 saturated heterocycles. The second kappa shape index (κ2) is 13.0. The second-order valence-electron chi connectivity index (χ2n) is 14.0. The quantitative estimate of drug-likeness (QED) is 0.172. The standard InChI is InChI=1S/C51H33N5/c1-4-17-34(18-5-1)38-26-16-30-46-48(38)41-24-11-14-28-44(41)55(46)37-31-32-40-39-23-10-13-27-43(39)56(47(40)33-37)45-29-15-12-25-42(45)51-53-49(35-19-6-2-7-20-35)52-50(54-51)36-21-8-3-9-22-36/h1-33H. The lowest BCUT2D eigenvalue weighted by molar-refractivity contribution is 1.06. The van der Waals surface area contributed by atoms with Crippen LogP contribution in [-0.4, -0.2) is 24.1 Å². The van der Waals surface area contributed by atoms with Crippen molar-refractivity contribution in [1.29, 1.82) is 0 Å². The van der Waals surface area contributed by atoms with Gasteiger partial charge in [0, 0.05) is 43.9 Å². The highest BCUT2D eigenvalue weighted by Crippen LogP contribution is 2.41. The molecule has 0 spiro atoms. The zero-order valence-electron chi connectivity index (χ0n) is 30.3. The number of hydrogen-bond acceptors (Lipinski definition) is 3. The lowest BCUT2D eigenvalue weighted by atomic mass is 9.99. The van der Waals surface area contributed by atoms with Gasteiger partial charge in [0.25, 0.3) is 0 Å². The van der Waals surface area contributed by atoms with E-state index in [2.05, 4.69) is 149 Å². The van der Waals surface area contributed by atoms with Crippen molar-refractivity contribution in [1.82, 2.24) is 24.1 Å². The van der Waals surface area contributed by atoms with Gasteiger partial charge in [-0.3, -0.25) is 0 Å². The minimum absolute atomic E-state index is 0.617. The molecule has 0 unspecified atom stereocenters. The Kier molecular flexibility index (Phi) is 7.42. The van der Waals surface area contributed by atoms with E-state index in [-0.39, 0.29) is 0 Å². The highest BCUT2D eigenvalue weighted by atomic mass is 15.1. The van der Waals surface area contributed by atoms with Gasteiger partial charge in [-0.25, -0.2) is 15.0 Å². The summed E-state index contributed by atoms with van der Waals surface area (Å²) in [5.41, 5.74) is 11.9. The molecule has 8 aromatic carbocycles. The number of aromatic nitrogens is 5. The van der Waals surface area contributed by atoms with Gasteiger partial charge in [-0.05, 0) is 53.6 Å². The van der Waals surface area contributed by atoms with Crippen molar-refractivity contribution in [3.05, 3.63) is 200 Å². The molecule has 0 fully saturated rings. The Morgan fingerprint density at radius 2 is 0.804 bits per heavy atom. The second-order valence-corrected chi connectivity index (χ2v) is 14.0. The van der Waals surface area contributed by atoms with Gasteiger partial charge in [-0.1, -0.05) is 158 Å². The fourth-order valence-corrected chi connectivity index (χ4v) is 8.30. The number of hydrogen-bond donors (Lipinski definition) is 0. The molecule has 5 nitrogen and oxygen atoms in total. The number of nitrogens with zero attached hydrogens (tertiary/aromatic N) is 5. The van der Waals surface area contributed by atoms with Crippen LogP contribution in [0.25, 0.3) is 100 Å². The Balaban J connectivity index is 1.17. The molecule has 5 heteroatoms. The Hall–Kier alpha value is -7.63. The van der Waals surface area contributed by atoms with Gasteiger partial charge in [-0.2, -0.15) is 0 Å². The van der Waals surface area contributed by atoms with E-state index in [1.807, 2.05) is 60.7 Å². The summed E-state index contributed by atoms with van der Waals surface area (Å²) in [6.07, 6.45) is 0. The van der Waals surface area contributed by atoms with E-state index in [1.165, 1.54) is 43.7 Å². The molecule has 0 N–H and O–H groups in total. The first-order valence-electron chi connectivity index (χ1n) is 18.9. The van der Waals surface area contributed by atoms with E-state index in [9.17, 15) is 0 Å². The molecule has 3 heterocycles. The Bertz CT molecular complexity index is 3180. The van der Waals surface area contributed by atoms with Gasteiger partial charge in [-0.15, -0.1) is 0 Å². The molecular formula is C51H33N5. The lowest BCUT2D eigenvalue weighted by Crippen LogP contribution is -2.03. The highest BCUT2D eigenvalue weighted by molar-refractivity contribution is 6.16. The smallest absolute Gasteiger partial charge is 0.166 e. The first kappa shape index (κ1) is 31.9. The minimum Gasteiger partial charge on any atom is -0.309 e. The Morgan fingerprint density at radius 1 is 0.304 bits per heavy atom. The number of benzene rings is 8. The third kappa shape index (κ3) is 5.13. The highest BCUT2D eigenvalue weighted by Gasteiger charge is 2.21. The van der Waals surface area contributed by atoms with E-state index < -0.39 is 0 Å². The summed E-state index contributed by atoms with van der Waals surface area (Å²) in [5.74, 6) is 1.89. The zero-order valence-corrected chi connectivity index (χ0v) is 30.3. The molecule has 0 amide bonds. The molecule has 262 valence electrons. The van der Waals surface area contributed by atoms with Crippen LogP contribution in [0.3, 0.4) is 0 Å². The Morgan fingerprint density at radius 3 is 1.50 bits per heavy atom. The van der Waals surface area contributed by atoms with E-state index in [4.69, 9.17) is 15.0 Å². The summed E-state index contributed by atoms with van der Waals surface area (Å²) in [6.45, 7) is 0. The topological polar surface area (TPSA) is 48.5 Å². The van der Waals surface area contributed by atoms with Crippen LogP contribution in [0.1, 0.15) is 0 Å². The maximum absolute atomic E-state index is 5.15. The van der Waals surface area contributed by atoms with Gasteiger partial charge in [0.2, 0.25) is 0 Å². The molecule has 0 aliphatic heterocycles. The van der Waals surface area contributed by atoms with E-state index in [0.717, 1.165) is 39.1 Å². The van der Waals surface area contributed by atoms with Gasteiger partial charge in [0.15, 0.2) is 17.5 Å². The predicted molar refractivity (Wildman–Crippen MR) is 230 cm³/mol. The molecule has 0 radical (unpaired) electrons. The van der Waals surface area contributed by atoms with Gasteiger partial charge >= 0.3 is 0 Å². The monoisotopic (exact) mass is 715 g/mol. The van der Waals surface area contributed by atoms with E-state index in [1.54, 1.807) is 0 Å². The predicted octanol–water partition coefficient (Wildman–Crippen LogP) is 12.7.